The lowest BCUT2D eigenvalue weighted by Crippen LogP contribution is -2.11. The molecular formula is C7H12N2O6P2. The molecule has 0 amide bonds. The van der Waals surface area contributed by atoms with E-state index < -0.39 is 20.6 Å². The Morgan fingerprint density at radius 3 is 1.94 bits per heavy atom. The van der Waals surface area contributed by atoms with Crippen molar-refractivity contribution in [3.8, 4) is 0 Å². The first-order valence-corrected chi connectivity index (χ1v) is 7.94. The van der Waals surface area contributed by atoms with Gasteiger partial charge in [-0.05, 0) is 12.5 Å². The van der Waals surface area contributed by atoms with Crippen LogP contribution in [0.1, 0.15) is 12.2 Å². The highest BCUT2D eigenvalue weighted by Gasteiger charge is 2.42. The third-order valence-electron chi connectivity index (χ3n) is 2.02. The molecule has 1 aromatic rings. The van der Waals surface area contributed by atoms with Gasteiger partial charge < -0.3 is 19.6 Å². The quantitative estimate of drug-likeness (QED) is 0.557. The molecule has 0 atom stereocenters. The molecule has 0 aliphatic rings. The highest BCUT2D eigenvalue weighted by atomic mass is 31.2. The molecule has 0 spiro atoms. The molecule has 1 aromatic heterocycles. The molecule has 1 heterocycles. The van der Waals surface area contributed by atoms with Gasteiger partial charge in [-0.25, -0.2) is 9.97 Å². The van der Waals surface area contributed by atoms with Crippen LogP contribution in [0.5, 0.6) is 0 Å². The standard InChI is InChI=1S/C7H12N2O6P2/c10-16(11,12)7(17(13,14)15)3-2-6-8-4-1-5-9-6/h1,4-5,7H,2-3H2,(H2,10,11,12)(H2,13,14,15). The predicted molar refractivity (Wildman–Crippen MR) is 58.2 cm³/mol. The number of hydrogen-bond acceptors (Lipinski definition) is 4. The molecule has 0 aliphatic carbocycles. The molecule has 4 N–H and O–H groups in total. The lowest BCUT2D eigenvalue weighted by atomic mass is 10.3. The lowest BCUT2D eigenvalue weighted by Gasteiger charge is -2.18. The first-order valence-electron chi connectivity index (χ1n) is 4.57. The predicted octanol–water partition coefficient (Wildman–Crippen LogP) is 0.0907. The largest absolute Gasteiger partial charge is 0.340 e. The maximum atomic E-state index is 11.0. The van der Waals surface area contributed by atoms with Crippen molar-refractivity contribution in [1.29, 1.82) is 0 Å². The summed E-state index contributed by atoms with van der Waals surface area (Å²) in [5, 5.41) is -2.00. The van der Waals surface area contributed by atoms with Gasteiger partial charge in [0.15, 0.2) is 5.40 Å². The van der Waals surface area contributed by atoms with Crippen LogP contribution in [0.2, 0.25) is 0 Å². The van der Waals surface area contributed by atoms with Crippen molar-refractivity contribution in [3.05, 3.63) is 24.3 Å². The average molecular weight is 282 g/mol. The van der Waals surface area contributed by atoms with Gasteiger partial charge in [-0.2, -0.15) is 0 Å². The molecular weight excluding hydrogens is 270 g/mol. The molecule has 0 unspecified atom stereocenters. The second kappa shape index (κ2) is 5.35. The van der Waals surface area contributed by atoms with E-state index in [0.717, 1.165) is 0 Å². The third-order valence-corrected chi connectivity index (χ3v) is 5.90. The van der Waals surface area contributed by atoms with Crippen LogP contribution in [0.25, 0.3) is 0 Å². The van der Waals surface area contributed by atoms with Crippen LogP contribution in [0.15, 0.2) is 18.5 Å². The molecule has 0 fully saturated rings. The van der Waals surface area contributed by atoms with Gasteiger partial charge in [0.1, 0.15) is 5.82 Å². The SMILES string of the molecule is O=P(O)(O)C(CCc1ncccn1)P(=O)(O)O. The van der Waals surface area contributed by atoms with E-state index in [9.17, 15) is 9.13 Å². The van der Waals surface area contributed by atoms with Crippen LogP contribution in [0, 0.1) is 0 Å². The van der Waals surface area contributed by atoms with Gasteiger partial charge in [0, 0.05) is 18.8 Å². The fourth-order valence-electron chi connectivity index (χ4n) is 1.25. The average Bonchev–Trinajstić information content (AvgIpc) is 2.15. The molecule has 8 nitrogen and oxygen atoms in total. The van der Waals surface area contributed by atoms with E-state index in [0.29, 0.717) is 0 Å². The van der Waals surface area contributed by atoms with Crippen molar-refractivity contribution in [2.45, 2.75) is 18.2 Å². The van der Waals surface area contributed by atoms with Gasteiger partial charge in [0.2, 0.25) is 0 Å². The zero-order valence-electron chi connectivity index (χ0n) is 8.62. The number of rotatable bonds is 5. The van der Waals surface area contributed by atoms with Crippen molar-refractivity contribution < 1.29 is 28.7 Å². The van der Waals surface area contributed by atoms with Crippen molar-refractivity contribution in [2.24, 2.45) is 0 Å². The molecule has 0 aliphatic heterocycles. The van der Waals surface area contributed by atoms with Crippen LogP contribution in [0.4, 0.5) is 0 Å². The number of aryl methyl sites for hydroxylation is 1. The molecule has 0 aromatic carbocycles. The number of aromatic nitrogens is 2. The zero-order valence-corrected chi connectivity index (χ0v) is 10.4. The van der Waals surface area contributed by atoms with E-state index in [1.807, 2.05) is 0 Å². The van der Waals surface area contributed by atoms with Crippen molar-refractivity contribution in [1.82, 2.24) is 9.97 Å². The molecule has 96 valence electrons. The fraction of sp³-hybridized carbons (Fsp3) is 0.429. The van der Waals surface area contributed by atoms with E-state index in [-0.39, 0.29) is 18.7 Å². The Balaban J connectivity index is 2.77. The molecule has 17 heavy (non-hydrogen) atoms. The van der Waals surface area contributed by atoms with E-state index in [1.54, 1.807) is 6.07 Å². The normalized spacial score (nSPS) is 13.0. The van der Waals surface area contributed by atoms with Gasteiger partial charge in [-0.1, -0.05) is 0 Å². The summed E-state index contributed by atoms with van der Waals surface area (Å²) in [5.41, 5.74) is 0. The highest BCUT2D eigenvalue weighted by molar-refractivity contribution is 7.70. The van der Waals surface area contributed by atoms with Crippen molar-refractivity contribution in [3.63, 3.8) is 0 Å². The van der Waals surface area contributed by atoms with E-state index in [4.69, 9.17) is 19.6 Å². The summed E-state index contributed by atoms with van der Waals surface area (Å²) in [6, 6.07) is 1.56. The molecule has 10 heteroatoms. The molecule has 0 saturated heterocycles. The van der Waals surface area contributed by atoms with Crippen LogP contribution in [0.3, 0.4) is 0 Å². The summed E-state index contributed by atoms with van der Waals surface area (Å²) in [4.78, 5) is 43.1. The van der Waals surface area contributed by atoms with Crippen molar-refractivity contribution >= 4 is 15.2 Å². The zero-order chi connectivity index (χ0) is 13.1. The van der Waals surface area contributed by atoms with Gasteiger partial charge in [0.25, 0.3) is 0 Å². The summed E-state index contributed by atoms with van der Waals surface area (Å²) < 4.78 is 21.9. The first kappa shape index (κ1) is 14.4. The second-order valence-corrected chi connectivity index (χ2v) is 7.37. The second-order valence-electron chi connectivity index (χ2n) is 3.36. The van der Waals surface area contributed by atoms with E-state index >= 15 is 0 Å². The van der Waals surface area contributed by atoms with E-state index in [2.05, 4.69) is 9.97 Å². The van der Waals surface area contributed by atoms with Crippen LogP contribution in [-0.4, -0.2) is 34.9 Å². The molecule has 0 radical (unpaired) electrons. The highest BCUT2D eigenvalue weighted by Crippen LogP contribution is 2.61. The van der Waals surface area contributed by atoms with Crippen LogP contribution in [-0.2, 0) is 15.6 Å². The Morgan fingerprint density at radius 1 is 1.06 bits per heavy atom. The van der Waals surface area contributed by atoms with Gasteiger partial charge in [-0.3, -0.25) is 9.13 Å². The van der Waals surface area contributed by atoms with Gasteiger partial charge in [0.05, 0.1) is 0 Å². The van der Waals surface area contributed by atoms with E-state index in [1.165, 1.54) is 12.4 Å². The third kappa shape index (κ3) is 4.63. The Hall–Kier alpha value is -0.620. The minimum atomic E-state index is -4.85. The smallest absolute Gasteiger partial charge is 0.324 e. The summed E-state index contributed by atoms with van der Waals surface area (Å²) in [6.45, 7) is 0. The monoisotopic (exact) mass is 282 g/mol. The first-order chi connectivity index (χ1) is 7.71. The van der Waals surface area contributed by atoms with Crippen molar-refractivity contribution in [2.75, 3.05) is 0 Å². The Labute approximate surface area is 97.1 Å². The molecule has 0 saturated carbocycles. The summed E-state index contributed by atoms with van der Waals surface area (Å²) in [6.07, 6.45) is 2.49. The topological polar surface area (TPSA) is 141 Å². The van der Waals surface area contributed by atoms with Gasteiger partial charge in [-0.15, -0.1) is 0 Å². The Kier molecular flexibility index (Phi) is 4.55. The minimum Gasteiger partial charge on any atom is -0.324 e. The summed E-state index contributed by atoms with van der Waals surface area (Å²) in [5.74, 6) is 0.277. The lowest BCUT2D eigenvalue weighted by molar-refractivity contribution is 0.335. The van der Waals surface area contributed by atoms with Crippen LogP contribution >= 0.6 is 15.2 Å². The maximum Gasteiger partial charge on any atom is 0.340 e. The minimum absolute atomic E-state index is 0.0122. The number of hydrogen-bond donors (Lipinski definition) is 4. The molecule has 0 bridgehead atoms. The van der Waals surface area contributed by atoms with Gasteiger partial charge >= 0.3 is 15.2 Å². The maximum absolute atomic E-state index is 11.0. The number of nitrogens with zero attached hydrogens (tertiary/aromatic N) is 2. The Bertz CT molecular complexity index is 433. The summed E-state index contributed by atoms with van der Waals surface area (Å²) >= 11 is 0. The molecule has 1 rings (SSSR count). The summed E-state index contributed by atoms with van der Waals surface area (Å²) in [7, 11) is -9.71. The fourth-order valence-corrected chi connectivity index (χ4v) is 3.75. The Morgan fingerprint density at radius 2 is 1.53 bits per heavy atom. The van der Waals surface area contributed by atoms with Crippen LogP contribution < -0.4 is 0 Å².